The molecule has 2 atom stereocenters. The fourth-order valence-electron chi connectivity index (χ4n) is 2.18. The number of β-lactam (4-membered cyclic amide) rings is 1. The Morgan fingerprint density at radius 1 is 1.25 bits per heavy atom. The van der Waals surface area contributed by atoms with Crippen LogP contribution in [-0.4, -0.2) is 40.7 Å². The first-order valence-corrected chi connectivity index (χ1v) is 7.48. The Bertz CT molecular complexity index is 626. The van der Waals surface area contributed by atoms with Gasteiger partial charge in [-0.25, -0.2) is 9.86 Å². The van der Waals surface area contributed by atoms with Gasteiger partial charge < -0.3 is 15.8 Å². The number of nitrogens with one attached hydrogen (secondary N) is 1. The van der Waals surface area contributed by atoms with Crippen LogP contribution in [0.1, 0.15) is 26.3 Å². The normalized spacial score (nSPS) is 20.3. The van der Waals surface area contributed by atoms with E-state index in [4.69, 9.17) is 15.3 Å². The Kier molecular flexibility index (Phi) is 5.08. The van der Waals surface area contributed by atoms with Crippen molar-refractivity contribution in [3.05, 3.63) is 35.9 Å². The number of carbonyl (C=O) groups excluding carboxylic acids is 3. The van der Waals surface area contributed by atoms with E-state index >= 15 is 0 Å². The summed E-state index contributed by atoms with van der Waals surface area (Å²) in [5, 5.41) is 3.24. The number of benzene rings is 1. The van der Waals surface area contributed by atoms with E-state index in [1.165, 1.54) is 0 Å². The molecule has 130 valence electrons. The molecule has 0 aliphatic carbocycles. The molecule has 1 saturated heterocycles. The van der Waals surface area contributed by atoms with Crippen molar-refractivity contribution in [3.8, 4) is 0 Å². The average molecular weight is 335 g/mol. The van der Waals surface area contributed by atoms with Crippen molar-refractivity contribution in [1.29, 1.82) is 0 Å². The predicted molar refractivity (Wildman–Crippen MR) is 84.2 cm³/mol. The van der Waals surface area contributed by atoms with E-state index in [0.717, 1.165) is 10.6 Å². The molecule has 0 spiro atoms. The van der Waals surface area contributed by atoms with Crippen LogP contribution >= 0.6 is 0 Å². The van der Waals surface area contributed by atoms with Gasteiger partial charge in [-0.1, -0.05) is 30.3 Å². The molecule has 1 aliphatic rings. The molecule has 0 bridgehead atoms. The van der Waals surface area contributed by atoms with Crippen molar-refractivity contribution in [2.75, 3.05) is 0 Å². The minimum Gasteiger partial charge on any atom is -0.444 e. The zero-order valence-corrected chi connectivity index (χ0v) is 13.8. The average Bonchev–Trinajstić information content (AvgIpc) is 2.48. The number of hydrogen-bond donors (Lipinski definition) is 2. The van der Waals surface area contributed by atoms with Gasteiger partial charge in [0.05, 0.1) is 0 Å². The Labute approximate surface area is 139 Å². The van der Waals surface area contributed by atoms with Gasteiger partial charge in [0.25, 0.3) is 5.91 Å². The fraction of sp³-hybridized carbons (Fsp3) is 0.438. The molecule has 2 unspecified atom stereocenters. The van der Waals surface area contributed by atoms with Gasteiger partial charge >= 0.3 is 6.09 Å². The highest BCUT2D eigenvalue weighted by Gasteiger charge is 2.53. The molecule has 2 rings (SSSR count). The minimum absolute atomic E-state index is 0.107. The second kappa shape index (κ2) is 6.88. The lowest BCUT2D eigenvalue weighted by Gasteiger charge is -2.43. The molecule has 1 aromatic rings. The third-order valence-corrected chi connectivity index (χ3v) is 3.23. The number of nitrogens with zero attached hydrogens (tertiary/aromatic N) is 1. The topological polar surface area (TPSA) is 111 Å². The molecular weight excluding hydrogens is 314 g/mol. The van der Waals surface area contributed by atoms with Crippen LogP contribution in [0.25, 0.3) is 0 Å². The maximum Gasteiger partial charge on any atom is 0.408 e. The highest BCUT2D eigenvalue weighted by Crippen LogP contribution is 2.22. The van der Waals surface area contributed by atoms with Crippen LogP contribution < -0.4 is 11.1 Å². The number of amides is 3. The summed E-state index contributed by atoms with van der Waals surface area (Å²) in [5.74, 6) is -1.33. The highest BCUT2D eigenvalue weighted by molar-refractivity contribution is 6.01. The molecule has 1 aromatic carbocycles. The largest absolute Gasteiger partial charge is 0.444 e. The van der Waals surface area contributed by atoms with Gasteiger partial charge in [0.15, 0.2) is 6.04 Å². The second-order valence-electron chi connectivity index (χ2n) is 6.39. The summed E-state index contributed by atoms with van der Waals surface area (Å²) in [7, 11) is 0. The number of carbonyl (C=O) groups is 3. The van der Waals surface area contributed by atoms with Crippen LogP contribution in [0.3, 0.4) is 0 Å². The monoisotopic (exact) mass is 335 g/mol. The predicted octanol–water partition coefficient (Wildman–Crippen LogP) is 0.708. The Hall–Kier alpha value is -2.61. The molecule has 8 nitrogen and oxygen atoms in total. The lowest BCUT2D eigenvalue weighted by molar-refractivity contribution is -0.237. The third kappa shape index (κ3) is 4.23. The zero-order valence-electron chi connectivity index (χ0n) is 13.8. The summed E-state index contributed by atoms with van der Waals surface area (Å²) < 4.78 is 5.07. The number of hydroxylamine groups is 2. The lowest BCUT2D eigenvalue weighted by atomic mass is 9.98. The van der Waals surface area contributed by atoms with Crippen molar-refractivity contribution < 1.29 is 24.0 Å². The summed E-state index contributed by atoms with van der Waals surface area (Å²) >= 11 is 0. The van der Waals surface area contributed by atoms with Gasteiger partial charge in [0.2, 0.25) is 5.91 Å². The lowest BCUT2D eigenvalue weighted by Crippen LogP contribution is -2.74. The van der Waals surface area contributed by atoms with Crippen LogP contribution in [-0.2, 0) is 25.8 Å². The van der Waals surface area contributed by atoms with Gasteiger partial charge in [-0.2, -0.15) is 0 Å². The van der Waals surface area contributed by atoms with Crippen molar-refractivity contribution in [2.24, 2.45) is 5.73 Å². The van der Waals surface area contributed by atoms with E-state index in [1.54, 1.807) is 20.8 Å². The summed E-state index contributed by atoms with van der Waals surface area (Å²) in [6.07, 6.45) is -0.796. The number of nitrogens with two attached hydrogens (primary N) is 1. The van der Waals surface area contributed by atoms with Gasteiger partial charge in [0.1, 0.15) is 18.2 Å². The summed E-state index contributed by atoms with van der Waals surface area (Å²) in [6, 6.07) is 6.98. The molecule has 0 radical (unpaired) electrons. The van der Waals surface area contributed by atoms with Crippen LogP contribution in [0.15, 0.2) is 30.3 Å². The molecule has 1 fully saturated rings. The van der Waals surface area contributed by atoms with E-state index in [0.29, 0.717) is 0 Å². The van der Waals surface area contributed by atoms with E-state index in [2.05, 4.69) is 5.32 Å². The summed E-state index contributed by atoms with van der Waals surface area (Å²) in [5.41, 5.74) is 5.42. The second-order valence-corrected chi connectivity index (χ2v) is 6.39. The third-order valence-electron chi connectivity index (χ3n) is 3.23. The van der Waals surface area contributed by atoms with E-state index in [9.17, 15) is 14.4 Å². The number of hydrogen-bond acceptors (Lipinski definition) is 5. The van der Waals surface area contributed by atoms with Crippen LogP contribution in [0.2, 0.25) is 0 Å². The van der Waals surface area contributed by atoms with Crippen molar-refractivity contribution in [2.45, 2.75) is 45.1 Å². The minimum atomic E-state index is -1.09. The number of alkyl carbamates (subject to hydrolysis) is 1. The van der Waals surface area contributed by atoms with Crippen molar-refractivity contribution in [3.63, 3.8) is 0 Å². The quantitative estimate of drug-likeness (QED) is 0.770. The molecule has 1 aliphatic heterocycles. The molecule has 1 heterocycles. The highest BCUT2D eigenvalue weighted by atomic mass is 16.7. The standard InChI is InChI=1S/C16H21N3O5/c1-16(2,3)24-15(22)18-11-12(13(17)20)19(14(11)21)23-9-10-7-5-4-6-8-10/h4-8,11-12H,9H2,1-3H3,(H2,17,20)(H,18,22). The van der Waals surface area contributed by atoms with Crippen molar-refractivity contribution in [1.82, 2.24) is 10.4 Å². The molecule has 24 heavy (non-hydrogen) atoms. The number of ether oxygens (including phenoxy) is 1. The van der Waals surface area contributed by atoms with E-state index in [-0.39, 0.29) is 6.61 Å². The zero-order chi connectivity index (χ0) is 17.9. The van der Waals surface area contributed by atoms with Gasteiger partial charge in [0, 0.05) is 0 Å². The molecular formula is C16H21N3O5. The maximum atomic E-state index is 12.1. The smallest absolute Gasteiger partial charge is 0.408 e. The Morgan fingerprint density at radius 3 is 2.42 bits per heavy atom. The SMILES string of the molecule is CC(C)(C)OC(=O)NC1C(=O)N(OCc2ccccc2)C1C(N)=O. The van der Waals surface area contributed by atoms with Crippen LogP contribution in [0, 0.1) is 0 Å². The van der Waals surface area contributed by atoms with E-state index < -0.39 is 35.6 Å². The molecule has 8 heteroatoms. The van der Waals surface area contributed by atoms with Crippen molar-refractivity contribution >= 4 is 17.9 Å². The first-order valence-electron chi connectivity index (χ1n) is 7.48. The first-order chi connectivity index (χ1) is 11.2. The molecule has 3 amide bonds. The summed E-state index contributed by atoms with van der Waals surface area (Å²) in [4.78, 5) is 40.8. The fourth-order valence-corrected chi connectivity index (χ4v) is 2.18. The Balaban J connectivity index is 1.96. The number of primary amides is 1. The Morgan fingerprint density at radius 2 is 1.88 bits per heavy atom. The summed E-state index contributed by atoms with van der Waals surface area (Å²) in [6.45, 7) is 5.18. The van der Waals surface area contributed by atoms with Gasteiger partial charge in [-0.15, -0.1) is 0 Å². The maximum absolute atomic E-state index is 12.1. The molecule has 0 saturated carbocycles. The van der Waals surface area contributed by atoms with E-state index in [1.807, 2.05) is 30.3 Å². The van der Waals surface area contributed by atoms with Crippen LogP contribution in [0.5, 0.6) is 0 Å². The molecule has 0 aromatic heterocycles. The van der Waals surface area contributed by atoms with Gasteiger partial charge in [-0.3, -0.25) is 14.4 Å². The van der Waals surface area contributed by atoms with Gasteiger partial charge in [-0.05, 0) is 26.3 Å². The van der Waals surface area contributed by atoms with Crippen LogP contribution in [0.4, 0.5) is 4.79 Å². The number of rotatable bonds is 5. The first kappa shape index (κ1) is 17.7. The molecule has 3 N–H and O–H groups in total.